The van der Waals surface area contributed by atoms with E-state index in [0.717, 1.165) is 0 Å². The van der Waals surface area contributed by atoms with E-state index < -0.39 is 43.8 Å². The Balaban J connectivity index is 1.33. The molecule has 5 heterocycles. The van der Waals surface area contributed by atoms with Crippen molar-refractivity contribution in [3.8, 4) is 12.3 Å². The van der Waals surface area contributed by atoms with Crippen LogP contribution in [0.2, 0.25) is 0 Å². The van der Waals surface area contributed by atoms with Crippen LogP contribution in [0.4, 0.5) is 5.82 Å². The Kier molecular flexibility index (Phi) is 6.13. The van der Waals surface area contributed by atoms with Gasteiger partial charge in [-0.05, 0) is 13.8 Å². The second-order valence-electron chi connectivity index (χ2n) is 9.03. The lowest BCUT2D eigenvalue weighted by Crippen LogP contribution is -2.32. The monoisotopic (exact) mass is 507 g/mol. The van der Waals surface area contributed by atoms with Gasteiger partial charge in [0.2, 0.25) is 0 Å². The zero-order chi connectivity index (χ0) is 24.8. The van der Waals surface area contributed by atoms with Crippen LogP contribution in [-0.2, 0) is 23.3 Å². The summed E-state index contributed by atoms with van der Waals surface area (Å²) in [7, 11) is -4.68. The fourth-order valence-corrected chi connectivity index (χ4v) is 4.75. The van der Waals surface area contributed by atoms with Gasteiger partial charge in [0.1, 0.15) is 24.6 Å². The minimum atomic E-state index is -4.68. The summed E-state index contributed by atoms with van der Waals surface area (Å²) >= 11 is 0. The van der Waals surface area contributed by atoms with Gasteiger partial charge in [0, 0.05) is 25.8 Å². The van der Waals surface area contributed by atoms with Crippen molar-refractivity contribution >= 4 is 24.8 Å². The lowest BCUT2D eigenvalue weighted by Gasteiger charge is -2.24. The molecule has 15 heteroatoms. The van der Waals surface area contributed by atoms with Crippen molar-refractivity contribution in [2.24, 2.45) is 10.2 Å². The molecular weight excluding hydrogens is 481 g/mol. The maximum absolute atomic E-state index is 11.2. The Hall–Kier alpha value is -2.50. The van der Waals surface area contributed by atoms with Gasteiger partial charge >= 0.3 is 7.82 Å². The van der Waals surface area contributed by atoms with E-state index in [1.807, 2.05) is 0 Å². The van der Waals surface area contributed by atoms with Gasteiger partial charge in [0.15, 0.2) is 34.7 Å². The number of anilines is 1. The zero-order valence-corrected chi connectivity index (χ0v) is 20.0. The molecule has 2 saturated heterocycles. The lowest BCUT2D eigenvalue weighted by atomic mass is 10.0. The molecule has 5 rings (SSSR count). The number of rotatable bonds is 10. The van der Waals surface area contributed by atoms with E-state index in [0.29, 0.717) is 42.8 Å². The van der Waals surface area contributed by atoms with Crippen LogP contribution in [-0.4, -0.2) is 72.2 Å². The standard InChI is InChI=1S/C20H26N7O7P/c1-4-5-6-20(25-26-20)7-8-21-16-13-17(23-10-22-16)27(11-24-13)18-15-14(33-19(2,3)34-15)12(32-18)9-31-35(28,29)30/h1,10-12,14-15,18H,5-9H2,2-3H3,(H,21,22,23)(H2,28,29,30)/t12-,14?,15+,18-/m0/s1. The number of fused-ring (bicyclic) bond motifs is 2. The Labute approximate surface area is 200 Å². The highest BCUT2D eigenvalue weighted by atomic mass is 31.2. The summed E-state index contributed by atoms with van der Waals surface area (Å²) in [4.78, 5) is 31.4. The summed E-state index contributed by atoms with van der Waals surface area (Å²) in [5.74, 6) is 2.24. The third-order valence-corrected chi connectivity index (χ3v) is 6.52. The molecule has 3 aliphatic heterocycles. The minimum absolute atomic E-state index is 0.368. The summed E-state index contributed by atoms with van der Waals surface area (Å²) in [6.45, 7) is 3.71. The minimum Gasteiger partial charge on any atom is -0.368 e. The van der Waals surface area contributed by atoms with E-state index in [4.69, 9.17) is 30.4 Å². The largest absolute Gasteiger partial charge is 0.469 e. The molecular formula is C20H26N7O7P. The molecule has 14 nitrogen and oxygen atoms in total. The number of terminal acetylenes is 1. The van der Waals surface area contributed by atoms with Crippen LogP contribution in [0, 0.1) is 12.3 Å². The fourth-order valence-electron chi connectivity index (χ4n) is 4.40. The highest BCUT2D eigenvalue weighted by molar-refractivity contribution is 7.46. The molecule has 0 aromatic carbocycles. The molecule has 2 aromatic rings. The van der Waals surface area contributed by atoms with Crippen molar-refractivity contribution in [2.75, 3.05) is 18.5 Å². The van der Waals surface area contributed by atoms with Crippen LogP contribution >= 0.6 is 7.82 Å². The van der Waals surface area contributed by atoms with Crippen molar-refractivity contribution in [3.63, 3.8) is 0 Å². The van der Waals surface area contributed by atoms with Gasteiger partial charge in [-0.15, -0.1) is 12.3 Å². The quantitative estimate of drug-likeness (QED) is 0.315. The first-order valence-corrected chi connectivity index (χ1v) is 12.6. The van der Waals surface area contributed by atoms with Crippen LogP contribution in [0.5, 0.6) is 0 Å². The van der Waals surface area contributed by atoms with Crippen molar-refractivity contribution in [1.29, 1.82) is 0 Å². The van der Waals surface area contributed by atoms with E-state index in [-0.39, 0.29) is 6.61 Å². The number of hydrogen-bond acceptors (Lipinski definition) is 11. The Morgan fingerprint density at radius 3 is 2.71 bits per heavy atom. The summed E-state index contributed by atoms with van der Waals surface area (Å²) in [6.07, 6.45) is 7.66. The number of nitrogens with zero attached hydrogens (tertiary/aromatic N) is 6. The number of phosphoric acid groups is 1. The molecule has 0 saturated carbocycles. The smallest absolute Gasteiger partial charge is 0.368 e. The first-order valence-electron chi connectivity index (χ1n) is 11.1. The summed E-state index contributed by atoms with van der Waals surface area (Å²) in [6, 6.07) is 0. The normalized spacial score (nSPS) is 28.2. The number of imidazole rings is 1. The highest BCUT2D eigenvalue weighted by Crippen LogP contribution is 2.45. The van der Waals surface area contributed by atoms with E-state index in [9.17, 15) is 4.57 Å². The fraction of sp³-hybridized carbons (Fsp3) is 0.650. The van der Waals surface area contributed by atoms with Gasteiger partial charge in [-0.3, -0.25) is 9.09 Å². The van der Waals surface area contributed by atoms with Crippen molar-refractivity contribution in [2.45, 2.75) is 69.1 Å². The van der Waals surface area contributed by atoms with Gasteiger partial charge in [0.05, 0.1) is 12.9 Å². The molecule has 0 aliphatic carbocycles. The zero-order valence-electron chi connectivity index (χ0n) is 19.1. The highest BCUT2D eigenvalue weighted by Gasteiger charge is 2.56. The molecule has 3 N–H and O–H groups in total. The van der Waals surface area contributed by atoms with Crippen molar-refractivity contribution < 1.29 is 33.1 Å². The molecule has 0 bridgehead atoms. The Morgan fingerprint density at radius 2 is 2.00 bits per heavy atom. The number of phosphoric ester groups is 1. The summed E-state index contributed by atoms with van der Waals surface area (Å²) < 4.78 is 35.7. The average Bonchev–Trinajstić information content (AvgIpc) is 3.12. The molecule has 4 atom stereocenters. The third-order valence-electron chi connectivity index (χ3n) is 6.04. The Morgan fingerprint density at radius 1 is 1.23 bits per heavy atom. The number of nitrogens with one attached hydrogen (secondary N) is 1. The second kappa shape index (κ2) is 8.86. The van der Waals surface area contributed by atoms with E-state index in [2.05, 4.69) is 40.9 Å². The predicted octanol–water partition coefficient (Wildman–Crippen LogP) is 1.73. The molecule has 2 fully saturated rings. The van der Waals surface area contributed by atoms with Crippen LogP contribution in [0.25, 0.3) is 11.2 Å². The van der Waals surface area contributed by atoms with E-state index in [1.165, 1.54) is 6.33 Å². The predicted molar refractivity (Wildman–Crippen MR) is 120 cm³/mol. The average molecular weight is 507 g/mol. The van der Waals surface area contributed by atoms with E-state index >= 15 is 0 Å². The SMILES string of the molecule is C#CCCC1(CCNc2ncnc3c2ncn3[C@H]2O[C@@H](COP(=O)(O)O)C3OC(C)(C)O[C@H]32)N=N1. The third kappa shape index (κ3) is 5.07. The van der Waals surface area contributed by atoms with Crippen molar-refractivity contribution in [1.82, 2.24) is 19.5 Å². The van der Waals surface area contributed by atoms with Crippen LogP contribution in [0.15, 0.2) is 22.9 Å². The first-order chi connectivity index (χ1) is 16.6. The van der Waals surface area contributed by atoms with Crippen LogP contribution in [0.3, 0.4) is 0 Å². The summed E-state index contributed by atoms with van der Waals surface area (Å²) in [5, 5.41) is 11.5. The first kappa shape index (κ1) is 24.2. The number of aromatic nitrogens is 4. The Bertz CT molecular complexity index is 1220. The van der Waals surface area contributed by atoms with Gasteiger partial charge in [-0.1, -0.05) is 0 Å². The van der Waals surface area contributed by atoms with Gasteiger partial charge in [-0.2, -0.15) is 10.2 Å². The molecule has 3 aliphatic rings. The molecule has 0 radical (unpaired) electrons. The molecule has 0 spiro atoms. The van der Waals surface area contributed by atoms with Crippen LogP contribution in [0.1, 0.15) is 39.3 Å². The van der Waals surface area contributed by atoms with Gasteiger partial charge in [-0.25, -0.2) is 19.5 Å². The van der Waals surface area contributed by atoms with Gasteiger partial charge < -0.3 is 29.3 Å². The number of hydrogen-bond donors (Lipinski definition) is 3. The van der Waals surface area contributed by atoms with E-state index in [1.54, 1.807) is 24.7 Å². The molecule has 1 unspecified atom stereocenters. The second-order valence-corrected chi connectivity index (χ2v) is 10.3. The molecule has 2 aromatic heterocycles. The summed E-state index contributed by atoms with van der Waals surface area (Å²) in [5.41, 5.74) is 0.621. The maximum atomic E-state index is 11.2. The van der Waals surface area contributed by atoms with Crippen molar-refractivity contribution in [3.05, 3.63) is 12.7 Å². The van der Waals surface area contributed by atoms with Crippen LogP contribution < -0.4 is 5.32 Å². The molecule has 188 valence electrons. The van der Waals surface area contributed by atoms with Gasteiger partial charge in [0.25, 0.3) is 0 Å². The molecule has 35 heavy (non-hydrogen) atoms. The number of ether oxygens (including phenoxy) is 3. The lowest BCUT2D eigenvalue weighted by molar-refractivity contribution is -0.199. The molecule has 0 amide bonds. The maximum Gasteiger partial charge on any atom is 0.469 e. The topological polar surface area (TPSA) is 175 Å².